The molecule has 1 aliphatic heterocycles. The first-order valence-electron chi connectivity index (χ1n) is 16.5. The highest BCUT2D eigenvalue weighted by Crippen LogP contribution is 2.39. The Morgan fingerprint density at radius 3 is 2.42 bits per heavy atom. The van der Waals surface area contributed by atoms with E-state index in [4.69, 9.17) is 24.5 Å². The summed E-state index contributed by atoms with van der Waals surface area (Å²) in [6.07, 6.45) is -2.08. The number of para-hydroxylation sites is 1. The van der Waals surface area contributed by atoms with E-state index in [9.17, 15) is 23.1 Å². The molecule has 0 saturated carbocycles. The number of aromatic carboxylic acids is 1. The van der Waals surface area contributed by atoms with Gasteiger partial charge in [-0.2, -0.15) is 18.3 Å². The third kappa shape index (κ3) is 8.11. The van der Waals surface area contributed by atoms with Crippen LogP contribution in [0.25, 0.3) is 32.8 Å². The zero-order chi connectivity index (χ0) is 36.0. The molecule has 0 amide bonds. The van der Waals surface area contributed by atoms with Crippen molar-refractivity contribution in [3.8, 4) is 16.9 Å². The average molecular weight is 695 g/mol. The van der Waals surface area contributed by atoms with Crippen LogP contribution in [0.1, 0.15) is 46.7 Å². The first-order valence-corrected chi connectivity index (χ1v) is 16.5. The van der Waals surface area contributed by atoms with Crippen LogP contribution < -0.4 is 4.74 Å². The van der Waals surface area contributed by atoms with Gasteiger partial charge in [0.05, 0.1) is 36.7 Å². The number of nitrogens with zero attached hydrogens (tertiary/aromatic N) is 4. The number of aromatic nitrogens is 3. The van der Waals surface area contributed by atoms with Gasteiger partial charge in [-0.15, -0.1) is 0 Å². The first kappa shape index (κ1) is 36.4. The summed E-state index contributed by atoms with van der Waals surface area (Å²) in [6.45, 7) is 5.88. The van der Waals surface area contributed by atoms with Gasteiger partial charge in [0.15, 0.2) is 0 Å². The minimum absolute atomic E-state index is 0.381. The summed E-state index contributed by atoms with van der Waals surface area (Å²) in [5.74, 6) is -2.79. The number of carboxylic acid groups (broad SMARTS) is 2. The molecular weight excluding hydrogens is 653 g/mol. The second-order valence-corrected chi connectivity index (χ2v) is 12.4. The van der Waals surface area contributed by atoms with Gasteiger partial charge in [-0.1, -0.05) is 54.6 Å². The molecule has 5 aromatic rings. The van der Waals surface area contributed by atoms with E-state index in [-0.39, 0.29) is 0 Å². The molecule has 0 saturated heterocycles. The smallest absolute Gasteiger partial charge is 0.490 e. The molecule has 10 nitrogen and oxygen atoms in total. The molecule has 0 atom stereocenters. The number of carboxylic acids is 2. The summed E-state index contributed by atoms with van der Waals surface area (Å²) in [7, 11) is 4.12. The van der Waals surface area contributed by atoms with E-state index in [0.717, 1.165) is 81.4 Å². The lowest BCUT2D eigenvalue weighted by Crippen LogP contribution is -2.21. The SMILES string of the molecule is Cc1nn(CCN(C)C)c2c1-c1cccc3c(CCCOc4cccc5ccccc45)c(C(=O)O)n(c13)CCCCOC2.O=C(O)C(F)(F)F. The van der Waals surface area contributed by atoms with Crippen molar-refractivity contribution in [3.63, 3.8) is 0 Å². The van der Waals surface area contributed by atoms with Gasteiger partial charge in [0.1, 0.15) is 11.4 Å². The summed E-state index contributed by atoms with van der Waals surface area (Å²) in [5.41, 5.74) is 6.27. The number of benzene rings is 3. The van der Waals surface area contributed by atoms with E-state index in [1.807, 2.05) is 41.8 Å². The third-order valence-corrected chi connectivity index (χ3v) is 8.63. The van der Waals surface area contributed by atoms with Crippen molar-refractivity contribution in [2.75, 3.05) is 33.9 Å². The van der Waals surface area contributed by atoms with Gasteiger partial charge in [0.2, 0.25) is 0 Å². The number of ether oxygens (including phenoxy) is 2. The summed E-state index contributed by atoms with van der Waals surface area (Å²) < 4.78 is 48.2. The maximum Gasteiger partial charge on any atom is 0.490 e. The van der Waals surface area contributed by atoms with Gasteiger partial charge < -0.3 is 29.2 Å². The van der Waals surface area contributed by atoms with E-state index in [1.54, 1.807) is 0 Å². The first-order chi connectivity index (χ1) is 23.9. The van der Waals surface area contributed by atoms with Crippen molar-refractivity contribution in [1.29, 1.82) is 0 Å². The molecule has 0 spiro atoms. The minimum Gasteiger partial charge on any atom is -0.493 e. The van der Waals surface area contributed by atoms with Gasteiger partial charge >= 0.3 is 18.1 Å². The molecule has 1 aliphatic rings. The van der Waals surface area contributed by atoms with Crippen molar-refractivity contribution in [1.82, 2.24) is 19.2 Å². The van der Waals surface area contributed by atoms with E-state index < -0.39 is 18.1 Å². The highest BCUT2D eigenvalue weighted by atomic mass is 19.4. The molecule has 2 N–H and O–H groups in total. The van der Waals surface area contributed by atoms with Gasteiger partial charge in [0.25, 0.3) is 0 Å². The summed E-state index contributed by atoms with van der Waals surface area (Å²) in [4.78, 5) is 23.9. The molecule has 6 rings (SSSR count). The monoisotopic (exact) mass is 694 g/mol. The number of rotatable bonds is 9. The molecule has 266 valence electrons. The van der Waals surface area contributed by atoms with Crippen LogP contribution in [0.4, 0.5) is 13.2 Å². The van der Waals surface area contributed by atoms with Crippen molar-refractivity contribution in [2.45, 2.75) is 58.5 Å². The van der Waals surface area contributed by atoms with Gasteiger partial charge in [-0.3, -0.25) is 4.68 Å². The number of hydrogen-bond donors (Lipinski definition) is 2. The minimum atomic E-state index is -5.08. The number of halogens is 3. The van der Waals surface area contributed by atoms with E-state index >= 15 is 0 Å². The Kier molecular flexibility index (Phi) is 11.5. The second-order valence-electron chi connectivity index (χ2n) is 12.4. The summed E-state index contributed by atoms with van der Waals surface area (Å²) in [6, 6.07) is 20.5. The van der Waals surface area contributed by atoms with Crippen molar-refractivity contribution < 1.29 is 42.4 Å². The van der Waals surface area contributed by atoms with Crippen LogP contribution in [-0.2, 0) is 35.6 Å². The van der Waals surface area contributed by atoms with Crippen molar-refractivity contribution in [3.05, 3.63) is 83.3 Å². The number of aryl methyl sites for hydroxylation is 3. The topological polar surface area (TPSA) is 119 Å². The van der Waals surface area contributed by atoms with Crippen LogP contribution >= 0.6 is 0 Å². The maximum atomic E-state index is 12.9. The Hall–Kier alpha value is -4.88. The molecule has 0 bridgehead atoms. The molecule has 0 aliphatic carbocycles. The van der Waals surface area contributed by atoms with Crippen LogP contribution in [-0.4, -0.2) is 81.4 Å². The standard InChI is InChI=1S/C35H40N4O4.C2HF3O2/c1-24-32-29-15-9-14-27-28(16-10-22-43-31-17-8-12-25-11-4-5-13-26(25)31)34(35(40)41)38(33(27)29)18-6-7-21-42-23-30(32)39(36-24)20-19-37(2)3;3-2(4,5)1(6)7/h4-5,8-9,11-15,17H,6-7,10,16,18-23H2,1-3H3,(H,40,41);(H,6,7). The fourth-order valence-electron chi connectivity index (χ4n) is 6.40. The predicted molar refractivity (Wildman–Crippen MR) is 184 cm³/mol. The molecule has 3 aromatic carbocycles. The number of alkyl halides is 3. The molecule has 3 heterocycles. The van der Waals surface area contributed by atoms with Crippen LogP contribution in [0.2, 0.25) is 0 Å². The Bertz CT molecular complexity index is 1980. The number of hydrogen-bond acceptors (Lipinski definition) is 6. The molecule has 0 unspecified atom stereocenters. The van der Waals surface area contributed by atoms with E-state index in [0.29, 0.717) is 44.9 Å². The Morgan fingerprint density at radius 1 is 1.00 bits per heavy atom. The number of likely N-dealkylation sites (N-methyl/N-ethyl adjacent to an activating group) is 1. The molecule has 50 heavy (non-hydrogen) atoms. The number of aliphatic carboxylic acids is 1. The van der Waals surface area contributed by atoms with Crippen LogP contribution in [0, 0.1) is 6.92 Å². The highest BCUT2D eigenvalue weighted by Gasteiger charge is 2.38. The lowest BCUT2D eigenvalue weighted by molar-refractivity contribution is -0.192. The lowest BCUT2D eigenvalue weighted by Gasteiger charge is -2.14. The van der Waals surface area contributed by atoms with E-state index in [2.05, 4.69) is 54.0 Å². The average Bonchev–Trinajstić information content (AvgIpc) is 3.55. The normalized spacial score (nSPS) is 13.4. The fourth-order valence-corrected chi connectivity index (χ4v) is 6.40. The summed E-state index contributed by atoms with van der Waals surface area (Å²) in [5, 5.41) is 25.8. The van der Waals surface area contributed by atoms with Crippen molar-refractivity contribution in [2.24, 2.45) is 0 Å². The molecule has 0 radical (unpaired) electrons. The zero-order valence-corrected chi connectivity index (χ0v) is 28.3. The van der Waals surface area contributed by atoms with Gasteiger partial charge in [-0.25, -0.2) is 9.59 Å². The Morgan fingerprint density at radius 2 is 1.70 bits per heavy atom. The van der Waals surface area contributed by atoms with Crippen LogP contribution in [0.15, 0.2) is 60.7 Å². The third-order valence-electron chi connectivity index (χ3n) is 8.63. The molecule has 13 heteroatoms. The lowest BCUT2D eigenvalue weighted by atomic mass is 9.98. The zero-order valence-electron chi connectivity index (χ0n) is 28.3. The fraction of sp³-hybridized carbons (Fsp3) is 0.378. The maximum absolute atomic E-state index is 12.9. The van der Waals surface area contributed by atoms with E-state index in [1.165, 1.54) is 0 Å². The van der Waals surface area contributed by atoms with Gasteiger partial charge in [0, 0.05) is 41.6 Å². The number of fused-ring (bicyclic) bond motifs is 3. The second kappa shape index (κ2) is 15.8. The van der Waals surface area contributed by atoms with Crippen molar-refractivity contribution >= 4 is 33.6 Å². The van der Waals surface area contributed by atoms with Gasteiger partial charge in [-0.05, 0) is 63.7 Å². The Balaban J connectivity index is 0.000000630. The highest BCUT2D eigenvalue weighted by molar-refractivity contribution is 6.04. The molecule has 0 fully saturated rings. The molecule has 2 aromatic heterocycles. The summed E-state index contributed by atoms with van der Waals surface area (Å²) >= 11 is 0. The molecular formula is C37H41F3N4O6. The van der Waals surface area contributed by atoms with Crippen LogP contribution in [0.3, 0.4) is 0 Å². The van der Waals surface area contributed by atoms with Crippen LogP contribution in [0.5, 0.6) is 5.75 Å². The quantitative estimate of drug-likeness (QED) is 0.156. The largest absolute Gasteiger partial charge is 0.493 e. The predicted octanol–water partition coefficient (Wildman–Crippen LogP) is 7.18. The number of carbonyl (C=O) groups is 2. The Labute approximate surface area is 287 Å².